The predicted molar refractivity (Wildman–Crippen MR) is 121 cm³/mol. The summed E-state index contributed by atoms with van der Waals surface area (Å²) in [5.74, 6) is 0.777. The van der Waals surface area contributed by atoms with Gasteiger partial charge in [-0.15, -0.1) is 35.3 Å². The molecule has 1 aromatic carbocycles. The van der Waals surface area contributed by atoms with Crippen LogP contribution in [0.3, 0.4) is 0 Å². The third-order valence-electron chi connectivity index (χ3n) is 3.79. The highest BCUT2D eigenvalue weighted by atomic mass is 127. The molecular weight excluding hydrogens is 459 g/mol. The second-order valence-electron chi connectivity index (χ2n) is 5.90. The number of guanidine groups is 1. The zero-order chi connectivity index (χ0) is 18.2. The van der Waals surface area contributed by atoms with Crippen molar-refractivity contribution in [2.75, 3.05) is 21.1 Å². The van der Waals surface area contributed by atoms with Crippen LogP contribution in [0.4, 0.5) is 0 Å². The van der Waals surface area contributed by atoms with Gasteiger partial charge in [-0.3, -0.25) is 9.79 Å². The van der Waals surface area contributed by atoms with Crippen molar-refractivity contribution in [2.24, 2.45) is 4.99 Å². The van der Waals surface area contributed by atoms with Crippen LogP contribution in [0.5, 0.6) is 0 Å². The number of carbonyl (C=O) groups excluding carboxylic acids is 1. The van der Waals surface area contributed by atoms with E-state index in [1.807, 2.05) is 35.6 Å². The Hall–Kier alpha value is -1.61. The highest BCUT2D eigenvalue weighted by Gasteiger charge is 2.07. The molecule has 0 fully saturated rings. The number of nitrogens with one attached hydrogen (secondary N) is 2. The van der Waals surface area contributed by atoms with Crippen molar-refractivity contribution < 1.29 is 4.79 Å². The molecule has 0 atom stereocenters. The number of amides is 1. The van der Waals surface area contributed by atoms with Gasteiger partial charge in [-0.1, -0.05) is 19.1 Å². The molecule has 2 N–H and O–H groups in total. The van der Waals surface area contributed by atoms with Crippen LogP contribution in [0.25, 0.3) is 0 Å². The fourth-order valence-corrected chi connectivity index (χ4v) is 3.21. The topological polar surface area (TPSA) is 56.7 Å². The first-order chi connectivity index (χ1) is 12.0. The monoisotopic (exact) mass is 486 g/mol. The summed E-state index contributed by atoms with van der Waals surface area (Å²) >= 11 is 1.83. The van der Waals surface area contributed by atoms with Crippen LogP contribution in [0.15, 0.2) is 41.4 Å². The standard InChI is InChI=1S/C19H26N4OS.HI/c1-5-16-10-11-17(25-16)13-22-19(20-2)21-12-14-6-8-15(9-7-14)18(24)23(3)4;/h6-11H,5,12-13H2,1-4H3,(H2,20,21,22);1H. The van der Waals surface area contributed by atoms with Crippen molar-refractivity contribution in [3.63, 3.8) is 0 Å². The zero-order valence-electron chi connectivity index (χ0n) is 15.7. The second kappa shape index (κ2) is 11.2. The van der Waals surface area contributed by atoms with Crippen molar-refractivity contribution in [1.29, 1.82) is 0 Å². The van der Waals surface area contributed by atoms with Crippen molar-refractivity contribution >= 4 is 47.2 Å². The highest BCUT2D eigenvalue weighted by Crippen LogP contribution is 2.16. The summed E-state index contributed by atoms with van der Waals surface area (Å²) in [7, 11) is 5.27. The minimum Gasteiger partial charge on any atom is -0.352 e. The van der Waals surface area contributed by atoms with Gasteiger partial charge in [-0.2, -0.15) is 0 Å². The first-order valence-electron chi connectivity index (χ1n) is 8.36. The number of hydrogen-bond donors (Lipinski definition) is 2. The van der Waals surface area contributed by atoms with Crippen molar-refractivity contribution in [3.8, 4) is 0 Å². The van der Waals surface area contributed by atoms with Crippen LogP contribution in [0.1, 0.15) is 32.6 Å². The second-order valence-corrected chi connectivity index (χ2v) is 7.15. The van der Waals surface area contributed by atoms with Gasteiger partial charge in [0, 0.05) is 43.0 Å². The molecule has 0 aliphatic rings. The molecule has 1 amide bonds. The Kier molecular flexibility index (Phi) is 9.64. The minimum atomic E-state index is 0. The van der Waals surface area contributed by atoms with E-state index in [9.17, 15) is 4.79 Å². The van der Waals surface area contributed by atoms with E-state index in [1.54, 1.807) is 26.0 Å². The van der Waals surface area contributed by atoms with Crippen LogP contribution < -0.4 is 10.6 Å². The van der Waals surface area contributed by atoms with E-state index >= 15 is 0 Å². The Balaban J connectivity index is 0.00000338. The van der Waals surface area contributed by atoms with Gasteiger partial charge in [0.05, 0.1) is 6.54 Å². The molecule has 2 aromatic rings. The summed E-state index contributed by atoms with van der Waals surface area (Å²) in [6, 6.07) is 12.0. The summed E-state index contributed by atoms with van der Waals surface area (Å²) in [5.41, 5.74) is 1.79. The molecule has 1 heterocycles. The van der Waals surface area contributed by atoms with E-state index in [4.69, 9.17) is 0 Å². The minimum absolute atomic E-state index is 0. The largest absolute Gasteiger partial charge is 0.352 e. The Morgan fingerprint density at radius 3 is 2.19 bits per heavy atom. The predicted octanol–water partition coefficient (Wildman–Crippen LogP) is 3.50. The maximum absolute atomic E-state index is 11.9. The number of benzene rings is 1. The van der Waals surface area contributed by atoms with Gasteiger partial charge in [-0.25, -0.2) is 0 Å². The van der Waals surface area contributed by atoms with Crippen LogP contribution >= 0.6 is 35.3 Å². The maximum atomic E-state index is 11.9. The maximum Gasteiger partial charge on any atom is 0.253 e. The van der Waals surface area contributed by atoms with E-state index in [0.29, 0.717) is 12.1 Å². The molecular formula is C19H27IN4OS. The van der Waals surface area contributed by atoms with Gasteiger partial charge < -0.3 is 15.5 Å². The number of hydrogen-bond acceptors (Lipinski definition) is 3. The molecule has 26 heavy (non-hydrogen) atoms. The van der Waals surface area contributed by atoms with Crippen molar-refractivity contribution in [2.45, 2.75) is 26.4 Å². The van der Waals surface area contributed by atoms with Crippen LogP contribution in [-0.2, 0) is 19.5 Å². The Bertz CT molecular complexity index is 725. The molecule has 0 unspecified atom stereocenters. The number of carbonyl (C=O) groups is 1. The molecule has 0 bridgehead atoms. The quantitative estimate of drug-likeness (QED) is 0.374. The molecule has 7 heteroatoms. The number of aliphatic imine (C=N–C) groups is 1. The highest BCUT2D eigenvalue weighted by molar-refractivity contribution is 14.0. The summed E-state index contributed by atoms with van der Waals surface area (Å²) in [5, 5.41) is 6.62. The number of nitrogens with zero attached hydrogens (tertiary/aromatic N) is 2. The first kappa shape index (κ1) is 22.4. The number of aryl methyl sites for hydroxylation is 1. The summed E-state index contributed by atoms with van der Waals surface area (Å²) in [6.07, 6.45) is 1.07. The average Bonchev–Trinajstić information content (AvgIpc) is 3.09. The van der Waals surface area contributed by atoms with Gasteiger partial charge in [0.25, 0.3) is 5.91 Å². The van der Waals surface area contributed by atoms with Crippen LogP contribution in [0, 0.1) is 0 Å². The van der Waals surface area contributed by atoms with Gasteiger partial charge in [0.1, 0.15) is 0 Å². The lowest BCUT2D eigenvalue weighted by atomic mass is 10.1. The summed E-state index contributed by atoms with van der Waals surface area (Å²) in [6.45, 7) is 3.59. The van der Waals surface area contributed by atoms with E-state index in [1.165, 1.54) is 9.75 Å². The molecule has 0 radical (unpaired) electrons. The van der Waals surface area contributed by atoms with Gasteiger partial charge in [-0.05, 0) is 36.2 Å². The van der Waals surface area contributed by atoms with Crippen molar-refractivity contribution in [3.05, 3.63) is 57.3 Å². The first-order valence-corrected chi connectivity index (χ1v) is 9.17. The van der Waals surface area contributed by atoms with Crippen LogP contribution in [-0.4, -0.2) is 37.9 Å². The lowest BCUT2D eigenvalue weighted by Gasteiger charge is -2.13. The van der Waals surface area contributed by atoms with E-state index in [0.717, 1.165) is 24.5 Å². The van der Waals surface area contributed by atoms with Gasteiger partial charge in [0.2, 0.25) is 0 Å². The lowest BCUT2D eigenvalue weighted by molar-refractivity contribution is 0.0827. The number of thiophene rings is 1. The third kappa shape index (κ3) is 6.60. The number of rotatable bonds is 6. The average molecular weight is 486 g/mol. The smallest absolute Gasteiger partial charge is 0.253 e. The normalized spacial score (nSPS) is 10.8. The van der Waals surface area contributed by atoms with Crippen molar-refractivity contribution in [1.82, 2.24) is 15.5 Å². The molecule has 142 valence electrons. The van der Waals surface area contributed by atoms with Gasteiger partial charge >= 0.3 is 0 Å². The van der Waals surface area contributed by atoms with E-state index in [2.05, 4.69) is 34.7 Å². The Morgan fingerprint density at radius 2 is 1.65 bits per heavy atom. The molecule has 5 nitrogen and oxygen atoms in total. The molecule has 0 saturated carbocycles. The SMILES string of the molecule is CCc1ccc(CNC(=NC)NCc2ccc(C(=O)N(C)C)cc2)s1.I. The fraction of sp³-hybridized carbons (Fsp3) is 0.368. The molecule has 2 rings (SSSR count). The molecule has 1 aromatic heterocycles. The summed E-state index contributed by atoms with van der Waals surface area (Å²) in [4.78, 5) is 20.4. The molecule has 0 aliphatic carbocycles. The molecule has 0 aliphatic heterocycles. The lowest BCUT2D eigenvalue weighted by Crippen LogP contribution is -2.36. The van der Waals surface area contributed by atoms with Crippen LogP contribution in [0.2, 0.25) is 0 Å². The van der Waals surface area contributed by atoms with E-state index in [-0.39, 0.29) is 29.9 Å². The molecule has 0 spiro atoms. The number of halogens is 1. The Labute approximate surface area is 176 Å². The summed E-state index contributed by atoms with van der Waals surface area (Å²) < 4.78 is 0. The Morgan fingerprint density at radius 1 is 1.04 bits per heavy atom. The third-order valence-corrected chi connectivity index (χ3v) is 5.02. The zero-order valence-corrected chi connectivity index (χ0v) is 18.9. The fourth-order valence-electron chi connectivity index (χ4n) is 2.31. The molecule has 0 saturated heterocycles. The van der Waals surface area contributed by atoms with Gasteiger partial charge in [0.15, 0.2) is 5.96 Å². The van der Waals surface area contributed by atoms with E-state index < -0.39 is 0 Å².